The summed E-state index contributed by atoms with van der Waals surface area (Å²) in [6.07, 6.45) is -0.663. The van der Waals surface area contributed by atoms with E-state index in [2.05, 4.69) is 0 Å². The van der Waals surface area contributed by atoms with Crippen LogP contribution in [-0.4, -0.2) is 56.5 Å². The van der Waals surface area contributed by atoms with Crippen LogP contribution in [0, 0.1) is 0 Å². The summed E-state index contributed by atoms with van der Waals surface area (Å²) in [5, 5.41) is 9.79. The number of carbonyl (C=O) groups is 1. The van der Waals surface area contributed by atoms with Crippen molar-refractivity contribution in [3.8, 4) is 5.75 Å². The Kier molecular flexibility index (Phi) is 5.98. The minimum atomic E-state index is -0.682. The van der Waals surface area contributed by atoms with Crippen LogP contribution in [0.1, 0.15) is 12.0 Å². The lowest BCUT2D eigenvalue weighted by Gasteiger charge is -2.26. The van der Waals surface area contributed by atoms with E-state index in [1.165, 1.54) is 0 Å². The molecule has 0 bridgehead atoms. The van der Waals surface area contributed by atoms with Crippen LogP contribution in [-0.2, 0) is 16.1 Å². The highest BCUT2D eigenvalue weighted by Crippen LogP contribution is 2.12. The molecule has 0 heterocycles. The van der Waals surface area contributed by atoms with Crippen LogP contribution < -0.4 is 4.74 Å². The van der Waals surface area contributed by atoms with Gasteiger partial charge in [0.2, 0.25) is 0 Å². The van der Waals surface area contributed by atoms with Crippen LogP contribution in [0.3, 0.4) is 0 Å². The number of carbonyl (C=O) groups excluding carboxylic acids is 1. The van der Waals surface area contributed by atoms with Gasteiger partial charge in [0, 0.05) is 0 Å². The quantitative estimate of drug-likeness (QED) is 0.603. The Balaban J connectivity index is 2.35. The van der Waals surface area contributed by atoms with Gasteiger partial charge in [-0.3, -0.25) is 4.79 Å². The number of esters is 1. The van der Waals surface area contributed by atoms with Crippen molar-refractivity contribution in [3.63, 3.8) is 0 Å². The van der Waals surface area contributed by atoms with Crippen molar-refractivity contribution in [2.75, 3.05) is 34.8 Å². The summed E-state index contributed by atoms with van der Waals surface area (Å²) in [5.41, 5.74) is 0.889. The smallest absolute Gasteiger partial charge is 0.308 e. The van der Waals surface area contributed by atoms with Crippen molar-refractivity contribution in [3.05, 3.63) is 29.8 Å². The molecule has 5 nitrogen and oxygen atoms in total. The van der Waals surface area contributed by atoms with Gasteiger partial charge < -0.3 is 19.1 Å². The lowest BCUT2D eigenvalue weighted by molar-refractivity contribution is -0.873. The average molecular weight is 282 g/mol. The maximum atomic E-state index is 11.6. The van der Waals surface area contributed by atoms with Crippen molar-refractivity contribution in [1.82, 2.24) is 0 Å². The van der Waals surface area contributed by atoms with Gasteiger partial charge in [-0.1, -0.05) is 12.1 Å². The van der Waals surface area contributed by atoms with E-state index in [1.54, 1.807) is 7.11 Å². The molecule has 0 saturated carbocycles. The normalized spacial score (nSPS) is 12.8. The summed E-state index contributed by atoms with van der Waals surface area (Å²) >= 11 is 0. The van der Waals surface area contributed by atoms with E-state index in [9.17, 15) is 9.90 Å². The van der Waals surface area contributed by atoms with Crippen molar-refractivity contribution < 1.29 is 23.9 Å². The summed E-state index contributed by atoms with van der Waals surface area (Å²) in [5.74, 6) is 0.375. The van der Waals surface area contributed by atoms with E-state index in [0.717, 1.165) is 11.3 Å². The molecule has 5 heteroatoms. The van der Waals surface area contributed by atoms with Gasteiger partial charge in [-0.05, 0) is 17.7 Å². The van der Waals surface area contributed by atoms with Crippen LogP contribution in [0.15, 0.2) is 24.3 Å². The number of aliphatic hydroxyl groups is 1. The first-order valence-electron chi connectivity index (χ1n) is 6.57. The number of ether oxygens (including phenoxy) is 2. The van der Waals surface area contributed by atoms with Crippen molar-refractivity contribution in [2.24, 2.45) is 0 Å². The fourth-order valence-electron chi connectivity index (χ4n) is 1.83. The monoisotopic (exact) mass is 282 g/mol. The molecule has 0 aliphatic rings. The molecule has 1 rings (SSSR count). The molecular formula is C15H24NO4+. The van der Waals surface area contributed by atoms with E-state index >= 15 is 0 Å². The molecular weight excluding hydrogens is 258 g/mol. The zero-order valence-electron chi connectivity index (χ0n) is 12.6. The van der Waals surface area contributed by atoms with Crippen LogP contribution >= 0.6 is 0 Å². The Morgan fingerprint density at radius 3 is 2.35 bits per heavy atom. The number of methoxy groups -OCH3 is 1. The fourth-order valence-corrected chi connectivity index (χ4v) is 1.83. The Bertz CT molecular complexity index is 422. The van der Waals surface area contributed by atoms with E-state index in [1.807, 2.05) is 45.4 Å². The number of likely N-dealkylation sites (N-methyl/N-ethyl adjacent to an activating group) is 1. The maximum Gasteiger partial charge on any atom is 0.308 e. The van der Waals surface area contributed by atoms with Crippen LogP contribution in [0.5, 0.6) is 5.75 Å². The minimum Gasteiger partial charge on any atom is -0.497 e. The number of quaternary nitrogens is 1. The highest BCUT2D eigenvalue weighted by Gasteiger charge is 2.19. The lowest BCUT2D eigenvalue weighted by atomic mass is 10.2. The van der Waals surface area contributed by atoms with Gasteiger partial charge in [-0.2, -0.15) is 0 Å². The molecule has 20 heavy (non-hydrogen) atoms. The summed E-state index contributed by atoms with van der Waals surface area (Å²) in [6.45, 7) is 0.720. The second kappa shape index (κ2) is 7.26. The van der Waals surface area contributed by atoms with E-state index in [0.29, 0.717) is 11.0 Å². The molecule has 0 aliphatic heterocycles. The second-order valence-corrected chi connectivity index (χ2v) is 5.84. The molecule has 0 amide bonds. The zero-order chi connectivity index (χ0) is 15.2. The number of aliphatic hydroxyl groups excluding tert-OH is 1. The topological polar surface area (TPSA) is 55.8 Å². The van der Waals surface area contributed by atoms with Crippen molar-refractivity contribution >= 4 is 5.97 Å². The standard InChI is InChI=1S/C15H24NO4/c1-16(2,3)10-13(17)9-15(18)20-11-12-5-7-14(19-4)8-6-12/h5-8,13,17H,9-11H2,1-4H3/q+1/t13-/m1/s1. The van der Waals surface area contributed by atoms with E-state index < -0.39 is 6.10 Å². The van der Waals surface area contributed by atoms with Gasteiger partial charge in [0.25, 0.3) is 0 Å². The summed E-state index contributed by atoms with van der Waals surface area (Å²) in [6, 6.07) is 7.31. The lowest BCUT2D eigenvalue weighted by Crippen LogP contribution is -2.42. The molecule has 1 atom stereocenters. The Hall–Kier alpha value is -1.59. The van der Waals surface area contributed by atoms with Gasteiger partial charge >= 0.3 is 5.97 Å². The summed E-state index contributed by atoms with van der Waals surface area (Å²) in [7, 11) is 7.49. The van der Waals surface area contributed by atoms with Gasteiger partial charge in [0.1, 0.15) is 25.0 Å². The summed E-state index contributed by atoms with van der Waals surface area (Å²) in [4.78, 5) is 11.6. The Morgan fingerprint density at radius 2 is 1.85 bits per heavy atom. The highest BCUT2D eigenvalue weighted by molar-refractivity contribution is 5.69. The Morgan fingerprint density at radius 1 is 1.25 bits per heavy atom. The third-order valence-electron chi connectivity index (χ3n) is 2.72. The number of benzene rings is 1. The average Bonchev–Trinajstić information content (AvgIpc) is 2.34. The third kappa shape index (κ3) is 6.54. The molecule has 0 saturated heterocycles. The first-order valence-corrected chi connectivity index (χ1v) is 6.57. The largest absolute Gasteiger partial charge is 0.497 e. The summed E-state index contributed by atoms with van der Waals surface area (Å²) < 4.78 is 10.8. The molecule has 1 aromatic carbocycles. The highest BCUT2D eigenvalue weighted by atomic mass is 16.5. The SMILES string of the molecule is COc1ccc(COC(=O)C[C@@H](O)C[N+](C)(C)C)cc1. The van der Waals surface area contributed by atoms with Crippen LogP contribution in [0.25, 0.3) is 0 Å². The zero-order valence-corrected chi connectivity index (χ0v) is 12.6. The van der Waals surface area contributed by atoms with Gasteiger partial charge in [-0.15, -0.1) is 0 Å². The molecule has 112 valence electrons. The number of rotatable bonds is 7. The maximum absolute atomic E-state index is 11.6. The third-order valence-corrected chi connectivity index (χ3v) is 2.72. The van der Waals surface area contributed by atoms with Gasteiger partial charge in [0.05, 0.1) is 34.7 Å². The molecule has 1 aromatic rings. The molecule has 1 N–H and O–H groups in total. The van der Waals surface area contributed by atoms with E-state index in [-0.39, 0.29) is 19.0 Å². The first-order chi connectivity index (χ1) is 9.30. The predicted octanol–water partition coefficient (Wildman–Crippen LogP) is 1.20. The molecule has 0 fully saturated rings. The predicted molar refractivity (Wildman–Crippen MR) is 76.3 cm³/mol. The molecule has 0 aromatic heterocycles. The van der Waals surface area contributed by atoms with Gasteiger partial charge in [-0.25, -0.2) is 0 Å². The molecule has 0 spiro atoms. The van der Waals surface area contributed by atoms with Gasteiger partial charge in [0.15, 0.2) is 0 Å². The van der Waals surface area contributed by atoms with Crippen LogP contribution in [0.4, 0.5) is 0 Å². The molecule has 0 radical (unpaired) electrons. The van der Waals surface area contributed by atoms with Crippen LogP contribution in [0.2, 0.25) is 0 Å². The second-order valence-electron chi connectivity index (χ2n) is 5.84. The fraction of sp³-hybridized carbons (Fsp3) is 0.533. The number of nitrogens with zero attached hydrogens (tertiary/aromatic N) is 1. The Labute approximate surface area is 120 Å². The molecule has 0 aliphatic carbocycles. The number of hydrogen-bond acceptors (Lipinski definition) is 4. The van der Waals surface area contributed by atoms with E-state index in [4.69, 9.17) is 9.47 Å². The van der Waals surface area contributed by atoms with Crippen molar-refractivity contribution in [1.29, 1.82) is 0 Å². The molecule has 0 unspecified atom stereocenters. The first kappa shape index (κ1) is 16.5. The van der Waals surface area contributed by atoms with Crippen molar-refractivity contribution in [2.45, 2.75) is 19.1 Å². The minimum absolute atomic E-state index is 0.0195. The number of hydrogen-bond donors (Lipinski definition) is 1.